The number of alkyl halides is 3. The average molecular weight is 306 g/mol. The monoisotopic (exact) mass is 306 g/mol. The van der Waals surface area contributed by atoms with Crippen LogP contribution in [0, 0.1) is 0 Å². The van der Waals surface area contributed by atoms with Crippen molar-refractivity contribution < 1.29 is 13.2 Å². The minimum Gasteiger partial charge on any atom is -0.311 e. The molecule has 6 heteroatoms. The van der Waals surface area contributed by atoms with E-state index in [1.54, 1.807) is 12.1 Å². The average Bonchev–Trinajstić information content (AvgIpc) is 2.29. The van der Waals surface area contributed by atoms with Crippen LogP contribution in [0.25, 0.3) is 0 Å². The highest BCUT2D eigenvalue weighted by Gasteiger charge is 2.29. The van der Waals surface area contributed by atoms with E-state index in [9.17, 15) is 13.2 Å². The summed E-state index contributed by atoms with van der Waals surface area (Å²) in [7, 11) is 4.04. The molecule has 1 aromatic carbocycles. The van der Waals surface area contributed by atoms with Crippen molar-refractivity contribution in [2.75, 3.05) is 20.6 Å². The molecule has 0 fully saturated rings. The van der Waals surface area contributed by atoms with E-state index < -0.39 is 5.51 Å². The zero-order chi connectivity index (χ0) is 15.4. The predicted molar refractivity (Wildman–Crippen MR) is 77.8 cm³/mol. The van der Waals surface area contributed by atoms with Gasteiger partial charge in [-0.05, 0) is 57.4 Å². The molecular weight excluding hydrogens is 285 g/mol. The Morgan fingerprint density at radius 2 is 1.65 bits per heavy atom. The number of thioether (sulfide) groups is 1. The molecule has 0 radical (unpaired) electrons. The van der Waals surface area contributed by atoms with Crippen LogP contribution < -0.4 is 5.32 Å². The lowest BCUT2D eigenvalue weighted by Gasteiger charge is -2.32. The molecule has 2 nitrogen and oxygen atoms in total. The Morgan fingerprint density at radius 1 is 1.10 bits per heavy atom. The molecule has 0 heterocycles. The summed E-state index contributed by atoms with van der Waals surface area (Å²) >= 11 is -0.0856. The van der Waals surface area contributed by atoms with Crippen LogP contribution in [0.3, 0.4) is 0 Å². The Kier molecular flexibility index (Phi) is 5.91. The normalized spacial score (nSPS) is 13.0. The number of nitrogens with one attached hydrogen (secondary N) is 1. The number of benzene rings is 1. The lowest BCUT2D eigenvalue weighted by molar-refractivity contribution is -0.0328. The summed E-state index contributed by atoms with van der Waals surface area (Å²) in [6, 6.07) is 6.46. The molecule has 0 saturated carbocycles. The lowest BCUT2D eigenvalue weighted by Crippen LogP contribution is -2.46. The first-order valence-corrected chi connectivity index (χ1v) is 7.15. The van der Waals surface area contributed by atoms with Crippen molar-refractivity contribution in [3.63, 3.8) is 0 Å². The third-order valence-electron chi connectivity index (χ3n) is 3.25. The molecule has 20 heavy (non-hydrogen) atoms. The summed E-state index contributed by atoms with van der Waals surface area (Å²) in [6.45, 7) is 5.71. The second-order valence-electron chi connectivity index (χ2n) is 5.50. The first-order valence-electron chi connectivity index (χ1n) is 6.33. The molecule has 0 aromatic heterocycles. The molecule has 0 amide bonds. The molecule has 1 rings (SSSR count). The van der Waals surface area contributed by atoms with Crippen LogP contribution in [0.5, 0.6) is 0 Å². The Labute approximate surface area is 122 Å². The van der Waals surface area contributed by atoms with E-state index in [1.165, 1.54) is 12.1 Å². The van der Waals surface area contributed by atoms with Gasteiger partial charge in [-0.2, -0.15) is 13.2 Å². The molecule has 0 aliphatic rings. The zero-order valence-corrected chi connectivity index (χ0v) is 13.0. The number of hydrogen-bond donors (Lipinski definition) is 1. The number of hydrogen-bond acceptors (Lipinski definition) is 3. The second kappa shape index (κ2) is 6.83. The predicted octanol–water partition coefficient (Wildman–Crippen LogP) is 3.73. The van der Waals surface area contributed by atoms with Gasteiger partial charge in [-0.1, -0.05) is 12.1 Å². The van der Waals surface area contributed by atoms with Crippen molar-refractivity contribution in [3.8, 4) is 0 Å². The number of likely N-dealkylation sites (N-methyl/N-ethyl adjacent to an activating group) is 1. The third kappa shape index (κ3) is 6.15. The third-order valence-corrected chi connectivity index (χ3v) is 3.99. The fourth-order valence-corrected chi connectivity index (χ4v) is 2.02. The van der Waals surface area contributed by atoms with E-state index in [0.717, 1.165) is 12.1 Å². The van der Waals surface area contributed by atoms with Gasteiger partial charge in [0.2, 0.25) is 0 Å². The lowest BCUT2D eigenvalue weighted by atomic mass is 10.0. The molecule has 0 aliphatic heterocycles. The van der Waals surface area contributed by atoms with Gasteiger partial charge < -0.3 is 10.2 Å². The van der Waals surface area contributed by atoms with Crippen molar-refractivity contribution in [2.45, 2.75) is 36.3 Å². The van der Waals surface area contributed by atoms with Gasteiger partial charge in [-0.15, -0.1) is 0 Å². The summed E-state index contributed by atoms with van der Waals surface area (Å²) in [5.41, 5.74) is -3.22. The molecule has 0 bridgehead atoms. The van der Waals surface area contributed by atoms with Crippen LogP contribution in [0.4, 0.5) is 13.2 Å². The Balaban J connectivity index is 2.47. The fourth-order valence-electron chi connectivity index (χ4n) is 1.48. The number of halogens is 3. The van der Waals surface area contributed by atoms with Gasteiger partial charge in [-0.25, -0.2) is 0 Å². The highest BCUT2D eigenvalue weighted by molar-refractivity contribution is 8.00. The highest BCUT2D eigenvalue weighted by atomic mass is 32.2. The molecule has 1 aromatic rings. The summed E-state index contributed by atoms with van der Waals surface area (Å²) in [4.78, 5) is 2.35. The molecule has 0 aliphatic carbocycles. The van der Waals surface area contributed by atoms with Crippen LogP contribution in [0.2, 0.25) is 0 Å². The van der Waals surface area contributed by atoms with Crippen LogP contribution in [-0.2, 0) is 6.54 Å². The van der Waals surface area contributed by atoms with E-state index in [1.807, 2.05) is 14.1 Å². The molecule has 0 atom stereocenters. The van der Waals surface area contributed by atoms with Crippen LogP contribution in [0.15, 0.2) is 29.2 Å². The van der Waals surface area contributed by atoms with Gasteiger partial charge in [0.1, 0.15) is 0 Å². The van der Waals surface area contributed by atoms with Gasteiger partial charge in [0, 0.05) is 23.5 Å². The first kappa shape index (κ1) is 17.3. The Morgan fingerprint density at radius 3 is 2.10 bits per heavy atom. The summed E-state index contributed by atoms with van der Waals surface area (Å²) < 4.78 is 36.6. The van der Waals surface area contributed by atoms with Crippen molar-refractivity contribution in [2.24, 2.45) is 0 Å². The SMILES string of the molecule is CN(C)C(C)(C)CNCc1ccc(SC(F)(F)F)cc1. The Hall–Kier alpha value is -0.720. The molecule has 114 valence electrons. The fraction of sp³-hybridized carbons (Fsp3) is 0.571. The van der Waals surface area contributed by atoms with E-state index in [0.29, 0.717) is 6.54 Å². The Bertz CT molecular complexity index is 413. The van der Waals surface area contributed by atoms with Crippen molar-refractivity contribution >= 4 is 11.8 Å². The molecule has 0 unspecified atom stereocenters. The zero-order valence-electron chi connectivity index (χ0n) is 12.2. The first-order chi connectivity index (χ1) is 9.10. The van der Waals surface area contributed by atoms with Gasteiger partial charge >= 0.3 is 5.51 Å². The van der Waals surface area contributed by atoms with Crippen molar-refractivity contribution in [1.29, 1.82) is 0 Å². The maximum atomic E-state index is 12.2. The maximum absolute atomic E-state index is 12.2. The topological polar surface area (TPSA) is 15.3 Å². The van der Waals surface area contributed by atoms with Crippen molar-refractivity contribution in [3.05, 3.63) is 29.8 Å². The maximum Gasteiger partial charge on any atom is 0.446 e. The smallest absolute Gasteiger partial charge is 0.311 e. The van der Waals surface area contributed by atoms with Crippen LogP contribution in [-0.4, -0.2) is 36.6 Å². The van der Waals surface area contributed by atoms with Crippen LogP contribution >= 0.6 is 11.8 Å². The van der Waals surface area contributed by atoms with E-state index in [2.05, 4.69) is 24.1 Å². The highest BCUT2D eigenvalue weighted by Crippen LogP contribution is 2.36. The van der Waals surface area contributed by atoms with E-state index >= 15 is 0 Å². The molecule has 1 N–H and O–H groups in total. The standard InChI is InChI=1S/C14H21F3N2S/c1-13(2,19(3)4)10-18-9-11-5-7-12(8-6-11)20-14(15,16)17/h5-8,18H,9-10H2,1-4H3. The minimum atomic E-state index is -4.23. The molecule has 0 saturated heterocycles. The van der Waals surface area contributed by atoms with Gasteiger partial charge in [0.05, 0.1) is 0 Å². The van der Waals surface area contributed by atoms with E-state index in [4.69, 9.17) is 0 Å². The van der Waals surface area contributed by atoms with E-state index in [-0.39, 0.29) is 22.2 Å². The van der Waals surface area contributed by atoms with Crippen LogP contribution in [0.1, 0.15) is 19.4 Å². The molecule has 0 spiro atoms. The van der Waals surface area contributed by atoms with Gasteiger partial charge in [0.25, 0.3) is 0 Å². The summed E-state index contributed by atoms with van der Waals surface area (Å²) in [5, 5.41) is 3.32. The second-order valence-corrected chi connectivity index (χ2v) is 6.64. The van der Waals surface area contributed by atoms with Crippen molar-refractivity contribution in [1.82, 2.24) is 10.2 Å². The quantitative estimate of drug-likeness (QED) is 0.806. The number of rotatable bonds is 6. The molecular formula is C14H21F3N2S. The largest absolute Gasteiger partial charge is 0.446 e. The van der Waals surface area contributed by atoms with Gasteiger partial charge in [0.15, 0.2) is 0 Å². The minimum absolute atomic E-state index is 0.0338. The summed E-state index contributed by atoms with van der Waals surface area (Å²) in [5.74, 6) is 0. The number of nitrogens with zero attached hydrogens (tertiary/aromatic N) is 1. The van der Waals surface area contributed by atoms with Gasteiger partial charge in [-0.3, -0.25) is 0 Å². The summed E-state index contributed by atoms with van der Waals surface area (Å²) in [6.07, 6.45) is 0.